The Bertz CT molecular complexity index is 708. The van der Waals surface area contributed by atoms with Crippen molar-refractivity contribution in [2.24, 2.45) is 0 Å². The van der Waals surface area contributed by atoms with Gasteiger partial charge in [-0.3, -0.25) is 9.69 Å². The van der Waals surface area contributed by atoms with Crippen LogP contribution < -0.4 is 20.9 Å². The number of nitrogens with one attached hydrogen (secondary N) is 3. The zero-order chi connectivity index (χ0) is 20.1. The number of benzene rings is 1. The van der Waals surface area contributed by atoms with E-state index in [9.17, 15) is 9.59 Å². The summed E-state index contributed by atoms with van der Waals surface area (Å²) in [6, 6.07) is 5.16. The van der Waals surface area contributed by atoms with Crippen LogP contribution in [0.1, 0.15) is 6.92 Å². The smallest absolute Gasteiger partial charge is 0.319 e. The van der Waals surface area contributed by atoms with Crippen LogP contribution in [0.15, 0.2) is 18.2 Å². The number of likely N-dealkylation sites (N-methyl/N-ethyl adjacent to an activating group) is 1. The quantitative estimate of drug-likeness (QED) is 0.678. The van der Waals surface area contributed by atoms with Gasteiger partial charge in [-0.15, -0.1) is 0 Å². The van der Waals surface area contributed by atoms with Gasteiger partial charge in [-0.25, -0.2) is 4.79 Å². The van der Waals surface area contributed by atoms with E-state index >= 15 is 0 Å². The molecule has 2 heterocycles. The molecular weight excluding hydrogens is 380 g/mol. The van der Waals surface area contributed by atoms with Crippen LogP contribution in [0, 0.1) is 0 Å². The number of amides is 3. The van der Waals surface area contributed by atoms with Crippen LogP contribution in [0.3, 0.4) is 0 Å². The number of hydrogen-bond donors (Lipinski definition) is 3. The largest absolute Gasteiger partial charge is 0.359 e. The molecule has 2 fully saturated rings. The van der Waals surface area contributed by atoms with Crippen LogP contribution in [0.25, 0.3) is 0 Å². The Morgan fingerprint density at radius 2 is 2.00 bits per heavy atom. The van der Waals surface area contributed by atoms with Crippen molar-refractivity contribution in [1.29, 1.82) is 0 Å². The lowest BCUT2D eigenvalue weighted by atomic mass is 10.2. The Morgan fingerprint density at radius 1 is 1.25 bits per heavy atom. The first kappa shape index (κ1) is 20.7. The SMILES string of the molecule is CC(CN1CCN(C)CC1)NC(=O)Nc1ccc(N2CCNC(=O)C2)c(Cl)c1. The number of hydrogen-bond acceptors (Lipinski definition) is 5. The van der Waals surface area contributed by atoms with Crippen molar-refractivity contribution in [2.45, 2.75) is 13.0 Å². The maximum Gasteiger partial charge on any atom is 0.319 e. The predicted molar refractivity (Wildman–Crippen MR) is 112 cm³/mol. The van der Waals surface area contributed by atoms with Gasteiger partial charge in [0.2, 0.25) is 5.91 Å². The molecule has 0 radical (unpaired) electrons. The summed E-state index contributed by atoms with van der Waals surface area (Å²) >= 11 is 6.38. The van der Waals surface area contributed by atoms with E-state index in [-0.39, 0.29) is 24.5 Å². The maximum atomic E-state index is 12.3. The lowest BCUT2D eigenvalue weighted by Gasteiger charge is -2.34. The fraction of sp³-hybridized carbons (Fsp3) is 0.579. The van der Waals surface area contributed by atoms with Gasteiger partial charge in [0.15, 0.2) is 0 Å². The Kier molecular flexibility index (Phi) is 6.98. The van der Waals surface area contributed by atoms with Gasteiger partial charge in [-0.1, -0.05) is 11.6 Å². The van der Waals surface area contributed by atoms with E-state index in [1.165, 1.54) is 0 Å². The van der Waals surface area contributed by atoms with Gasteiger partial charge < -0.3 is 25.8 Å². The molecule has 2 aliphatic rings. The van der Waals surface area contributed by atoms with Gasteiger partial charge in [0.25, 0.3) is 0 Å². The van der Waals surface area contributed by atoms with Crippen molar-refractivity contribution in [2.75, 3.05) is 69.6 Å². The number of nitrogens with zero attached hydrogens (tertiary/aromatic N) is 3. The Hall–Kier alpha value is -2.03. The van der Waals surface area contributed by atoms with Gasteiger partial charge in [-0.2, -0.15) is 0 Å². The van der Waals surface area contributed by atoms with Crippen molar-refractivity contribution in [3.8, 4) is 0 Å². The molecule has 1 aromatic rings. The Balaban J connectivity index is 1.49. The summed E-state index contributed by atoms with van der Waals surface area (Å²) < 4.78 is 0. The summed E-state index contributed by atoms with van der Waals surface area (Å²) in [5.41, 5.74) is 1.42. The van der Waals surface area contributed by atoms with Gasteiger partial charge >= 0.3 is 6.03 Å². The number of halogens is 1. The lowest BCUT2D eigenvalue weighted by molar-refractivity contribution is -0.120. The van der Waals surface area contributed by atoms with Gasteiger partial charge in [-0.05, 0) is 32.2 Å². The van der Waals surface area contributed by atoms with Crippen molar-refractivity contribution in [3.63, 3.8) is 0 Å². The Morgan fingerprint density at radius 3 is 2.68 bits per heavy atom. The number of piperazine rings is 2. The molecule has 2 aliphatic heterocycles. The van der Waals surface area contributed by atoms with E-state index in [0.717, 1.165) is 38.4 Å². The molecule has 1 aromatic carbocycles. The molecule has 3 amide bonds. The standard InChI is InChI=1S/C19H29ClN6O2/c1-14(12-25-9-7-24(2)8-10-25)22-19(28)23-15-3-4-17(16(20)11-15)26-6-5-21-18(27)13-26/h3-4,11,14H,5-10,12-13H2,1-2H3,(H,21,27)(H2,22,23,28). The summed E-state index contributed by atoms with van der Waals surface area (Å²) in [5.74, 6) is -0.0155. The molecule has 2 saturated heterocycles. The summed E-state index contributed by atoms with van der Waals surface area (Å²) in [6.07, 6.45) is 0. The molecule has 0 aliphatic carbocycles. The predicted octanol–water partition coefficient (Wildman–Crippen LogP) is 1.03. The molecule has 9 heteroatoms. The zero-order valence-electron chi connectivity index (χ0n) is 16.5. The van der Waals surface area contributed by atoms with E-state index in [1.54, 1.807) is 12.1 Å². The van der Waals surface area contributed by atoms with Crippen LogP contribution in [-0.4, -0.2) is 87.2 Å². The summed E-state index contributed by atoms with van der Waals surface area (Å²) in [4.78, 5) is 30.5. The minimum atomic E-state index is -0.247. The molecule has 3 rings (SSSR count). The average Bonchev–Trinajstić information content (AvgIpc) is 2.63. The molecule has 0 spiro atoms. The number of rotatable bonds is 5. The maximum absolute atomic E-state index is 12.3. The van der Waals surface area contributed by atoms with E-state index in [0.29, 0.717) is 23.8 Å². The Labute approximate surface area is 171 Å². The molecule has 1 unspecified atom stereocenters. The summed E-state index contributed by atoms with van der Waals surface area (Å²) in [6.45, 7) is 8.60. The summed E-state index contributed by atoms with van der Waals surface area (Å²) in [7, 11) is 2.13. The fourth-order valence-corrected chi connectivity index (χ4v) is 3.84. The van der Waals surface area contributed by atoms with Gasteiger partial charge in [0.05, 0.1) is 17.3 Å². The topological polar surface area (TPSA) is 80.0 Å². The first-order valence-corrected chi connectivity index (χ1v) is 10.1. The van der Waals surface area contributed by atoms with E-state index < -0.39 is 0 Å². The molecule has 28 heavy (non-hydrogen) atoms. The van der Waals surface area contributed by atoms with Crippen LogP contribution >= 0.6 is 11.6 Å². The molecule has 8 nitrogen and oxygen atoms in total. The van der Waals surface area contributed by atoms with Gasteiger partial charge in [0, 0.05) is 57.5 Å². The van der Waals surface area contributed by atoms with Crippen molar-refractivity contribution in [3.05, 3.63) is 23.2 Å². The lowest BCUT2D eigenvalue weighted by Crippen LogP contribution is -2.50. The molecule has 154 valence electrons. The van der Waals surface area contributed by atoms with Crippen molar-refractivity contribution >= 4 is 34.9 Å². The highest BCUT2D eigenvalue weighted by molar-refractivity contribution is 6.33. The number of urea groups is 1. The highest BCUT2D eigenvalue weighted by Crippen LogP contribution is 2.29. The third kappa shape index (κ3) is 5.73. The number of anilines is 2. The average molecular weight is 409 g/mol. The first-order valence-electron chi connectivity index (χ1n) is 9.70. The number of carbonyl (C=O) groups is 2. The molecule has 0 saturated carbocycles. The molecule has 0 aromatic heterocycles. The second kappa shape index (κ2) is 9.45. The minimum Gasteiger partial charge on any atom is -0.359 e. The minimum absolute atomic E-state index is 0.0155. The highest BCUT2D eigenvalue weighted by Gasteiger charge is 2.20. The first-order chi connectivity index (χ1) is 13.4. The monoisotopic (exact) mass is 408 g/mol. The molecular formula is C19H29ClN6O2. The van der Waals surface area contributed by atoms with Crippen molar-refractivity contribution in [1.82, 2.24) is 20.4 Å². The van der Waals surface area contributed by atoms with Crippen LogP contribution in [0.4, 0.5) is 16.2 Å². The van der Waals surface area contributed by atoms with E-state index in [4.69, 9.17) is 11.6 Å². The zero-order valence-corrected chi connectivity index (χ0v) is 17.3. The second-order valence-corrected chi connectivity index (χ2v) is 7.95. The van der Waals surface area contributed by atoms with Gasteiger partial charge in [0.1, 0.15) is 0 Å². The van der Waals surface area contributed by atoms with E-state index in [1.807, 2.05) is 17.9 Å². The number of carbonyl (C=O) groups excluding carboxylic acids is 2. The molecule has 0 bridgehead atoms. The van der Waals surface area contributed by atoms with Crippen molar-refractivity contribution < 1.29 is 9.59 Å². The fourth-order valence-electron chi connectivity index (χ4n) is 3.54. The third-order valence-electron chi connectivity index (χ3n) is 5.09. The normalized spacial score (nSPS) is 19.8. The summed E-state index contributed by atoms with van der Waals surface area (Å²) in [5, 5.41) is 9.12. The third-order valence-corrected chi connectivity index (χ3v) is 5.39. The van der Waals surface area contributed by atoms with Crippen LogP contribution in [0.2, 0.25) is 5.02 Å². The molecule has 1 atom stereocenters. The molecule has 3 N–H and O–H groups in total. The van der Waals surface area contributed by atoms with E-state index in [2.05, 4.69) is 32.8 Å². The highest BCUT2D eigenvalue weighted by atomic mass is 35.5. The second-order valence-electron chi connectivity index (χ2n) is 7.54. The van der Waals surface area contributed by atoms with Crippen LogP contribution in [0.5, 0.6) is 0 Å². The van der Waals surface area contributed by atoms with Crippen LogP contribution in [-0.2, 0) is 4.79 Å².